The van der Waals surface area contributed by atoms with Gasteiger partial charge in [0.2, 0.25) is 0 Å². The summed E-state index contributed by atoms with van der Waals surface area (Å²) in [5.41, 5.74) is 1.04. The molecule has 2 aliphatic rings. The second-order valence-corrected chi connectivity index (χ2v) is 13.8. The van der Waals surface area contributed by atoms with Crippen molar-refractivity contribution in [3.8, 4) is 5.75 Å². The predicted octanol–water partition coefficient (Wildman–Crippen LogP) is 5.33. The third-order valence-electron chi connectivity index (χ3n) is 6.60. The van der Waals surface area contributed by atoms with E-state index in [0.717, 1.165) is 17.4 Å². The third-order valence-corrected chi connectivity index (χ3v) is 9.99. The number of fused-ring (bicyclic) bond motifs is 1. The fraction of sp³-hybridized carbons (Fsp3) is 0.385. The van der Waals surface area contributed by atoms with Crippen LogP contribution in [0.2, 0.25) is 19.1 Å². The Morgan fingerprint density at radius 1 is 1.07 bits per heavy atom. The number of methoxy groups -OCH3 is 1. The van der Waals surface area contributed by atoms with Crippen molar-refractivity contribution in [2.75, 3.05) is 13.7 Å². The maximum Gasteiger partial charge on any atom is 0.184 e. The molecule has 0 bridgehead atoms. The minimum absolute atomic E-state index is 0.134. The van der Waals surface area contributed by atoms with E-state index >= 15 is 0 Å². The van der Waals surface area contributed by atoms with E-state index < -0.39 is 8.07 Å². The summed E-state index contributed by atoms with van der Waals surface area (Å²) in [6.07, 6.45) is 6.52. The maximum absolute atomic E-state index is 6.64. The molecule has 0 saturated carbocycles. The lowest BCUT2D eigenvalue weighted by Gasteiger charge is -2.45. The van der Waals surface area contributed by atoms with E-state index in [1.165, 1.54) is 5.19 Å². The molecule has 1 saturated heterocycles. The molecule has 0 radical (unpaired) electrons. The first-order chi connectivity index (χ1) is 14.5. The quantitative estimate of drug-likeness (QED) is 0.467. The average Bonchev–Trinajstić information content (AvgIpc) is 2.79. The van der Waals surface area contributed by atoms with Crippen LogP contribution in [0.1, 0.15) is 11.9 Å². The van der Waals surface area contributed by atoms with Crippen LogP contribution >= 0.6 is 0 Å². The molecule has 0 unspecified atom stereocenters. The van der Waals surface area contributed by atoms with Gasteiger partial charge in [-0.3, -0.25) is 0 Å². The van der Waals surface area contributed by atoms with E-state index in [0.29, 0.717) is 24.4 Å². The highest BCUT2D eigenvalue weighted by Gasteiger charge is 2.43. The fourth-order valence-electron chi connectivity index (χ4n) is 4.82. The van der Waals surface area contributed by atoms with Crippen molar-refractivity contribution in [3.05, 3.63) is 85.0 Å². The van der Waals surface area contributed by atoms with E-state index in [9.17, 15) is 0 Å². The van der Waals surface area contributed by atoms with Gasteiger partial charge in [0.15, 0.2) is 6.29 Å². The minimum atomic E-state index is -1.60. The molecule has 4 rings (SSSR count). The fourth-order valence-corrected chi connectivity index (χ4v) is 7.70. The second kappa shape index (κ2) is 8.92. The summed E-state index contributed by atoms with van der Waals surface area (Å²) >= 11 is 0. The van der Waals surface area contributed by atoms with Gasteiger partial charge in [0, 0.05) is 23.3 Å². The van der Waals surface area contributed by atoms with Gasteiger partial charge in [-0.2, -0.15) is 0 Å². The van der Waals surface area contributed by atoms with Crippen LogP contribution in [0.4, 0.5) is 0 Å². The second-order valence-electron chi connectivity index (χ2n) is 9.02. The van der Waals surface area contributed by atoms with Gasteiger partial charge in [0.05, 0.1) is 27.9 Å². The Morgan fingerprint density at radius 3 is 2.47 bits per heavy atom. The van der Waals surface area contributed by atoms with Crippen molar-refractivity contribution in [1.82, 2.24) is 0 Å². The highest BCUT2D eigenvalue weighted by molar-refractivity contribution is 6.89. The van der Waals surface area contributed by atoms with Crippen molar-refractivity contribution >= 4 is 13.3 Å². The molecule has 158 valence electrons. The van der Waals surface area contributed by atoms with Crippen LogP contribution < -0.4 is 9.92 Å². The summed E-state index contributed by atoms with van der Waals surface area (Å²) in [4.78, 5) is 0. The van der Waals surface area contributed by atoms with Crippen LogP contribution in [0.5, 0.6) is 5.75 Å². The predicted molar refractivity (Wildman–Crippen MR) is 125 cm³/mol. The summed E-state index contributed by atoms with van der Waals surface area (Å²) < 4.78 is 18.1. The summed E-state index contributed by atoms with van der Waals surface area (Å²) in [7, 11) is 0.0770. The monoisotopic (exact) mass is 420 g/mol. The van der Waals surface area contributed by atoms with Crippen LogP contribution in [0.25, 0.3) is 0 Å². The van der Waals surface area contributed by atoms with Crippen LogP contribution in [-0.2, 0) is 9.47 Å². The largest absolute Gasteiger partial charge is 0.497 e. The SMILES string of the molecule is C=C[C@H]1C=C[C@H](C[Si](C)(C)c2ccccc2)[C@H]2O[C@@H](c3ccc(OC)cc3)OC[C@@H]12. The molecule has 0 aromatic heterocycles. The Hall–Kier alpha value is -2.14. The molecule has 0 amide bonds. The molecule has 5 atom stereocenters. The Bertz CT molecular complexity index is 875. The molecule has 1 aliphatic carbocycles. The molecule has 4 heteroatoms. The van der Waals surface area contributed by atoms with Crippen LogP contribution in [-0.4, -0.2) is 27.9 Å². The highest BCUT2D eigenvalue weighted by atomic mass is 28.3. The van der Waals surface area contributed by atoms with E-state index in [2.05, 4.69) is 62.2 Å². The first-order valence-corrected chi connectivity index (χ1v) is 14.0. The van der Waals surface area contributed by atoms with Gasteiger partial charge < -0.3 is 14.2 Å². The molecule has 2 aromatic carbocycles. The standard InChI is InChI=1S/C26H32O3Si/c1-5-19-11-12-21(18-30(3,4)23-9-7-6-8-10-23)25-24(19)17-28-26(29-25)20-13-15-22(27-2)16-14-20/h5-16,19,21,24-26H,1,17-18H2,2-4H3/t19-,21+,24-,25+,26-/m0/s1. The lowest BCUT2D eigenvalue weighted by atomic mass is 9.77. The van der Waals surface area contributed by atoms with E-state index in [-0.39, 0.29) is 12.4 Å². The van der Waals surface area contributed by atoms with Crippen LogP contribution in [0.15, 0.2) is 79.4 Å². The van der Waals surface area contributed by atoms with E-state index in [1.54, 1.807) is 7.11 Å². The molecule has 2 aromatic rings. The first-order valence-electron chi connectivity index (χ1n) is 10.8. The van der Waals surface area contributed by atoms with Gasteiger partial charge in [0.25, 0.3) is 0 Å². The normalized spacial score (nSPS) is 28.6. The number of allylic oxidation sites excluding steroid dienone is 2. The first kappa shape index (κ1) is 21.1. The Morgan fingerprint density at radius 2 is 1.80 bits per heavy atom. The Kier molecular flexibility index (Phi) is 6.28. The number of ether oxygens (including phenoxy) is 3. The molecule has 1 heterocycles. The van der Waals surface area contributed by atoms with E-state index in [1.807, 2.05) is 30.3 Å². The summed E-state index contributed by atoms with van der Waals surface area (Å²) in [5, 5.41) is 1.50. The van der Waals surface area contributed by atoms with Gasteiger partial charge in [-0.15, -0.1) is 6.58 Å². The van der Waals surface area contributed by atoms with Crippen molar-refractivity contribution in [3.63, 3.8) is 0 Å². The Labute approximate surface area is 181 Å². The molecule has 1 aliphatic heterocycles. The van der Waals surface area contributed by atoms with Gasteiger partial charge in [-0.25, -0.2) is 0 Å². The zero-order chi connectivity index (χ0) is 21.1. The summed E-state index contributed by atoms with van der Waals surface area (Å²) in [6.45, 7) is 9.66. The van der Waals surface area contributed by atoms with Crippen LogP contribution in [0, 0.1) is 17.8 Å². The Balaban J connectivity index is 1.57. The molecular weight excluding hydrogens is 388 g/mol. The zero-order valence-corrected chi connectivity index (χ0v) is 19.2. The van der Waals surface area contributed by atoms with Gasteiger partial charge >= 0.3 is 0 Å². The third kappa shape index (κ3) is 4.31. The highest BCUT2D eigenvalue weighted by Crippen LogP contribution is 2.42. The lowest BCUT2D eigenvalue weighted by Crippen LogP contribution is -2.50. The molecule has 30 heavy (non-hydrogen) atoms. The lowest BCUT2D eigenvalue weighted by molar-refractivity contribution is -0.254. The van der Waals surface area contributed by atoms with Crippen molar-refractivity contribution < 1.29 is 14.2 Å². The van der Waals surface area contributed by atoms with Crippen molar-refractivity contribution in [1.29, 1.82) is 0 Å². The molecule has 1 fully saturated rings. The van der Waals surface area contributed by atoms with E-state index in [4.69, 9.17) is 14.2 Å². The maximum atomic E-state index is 6.64. The van der Waals surface area contributed by atoms with Crippen molar-refractivity contribution in [2.45, 2.75) is 31.5 Å². The zero-order valence-electron chi connectivity index (χ0n) is 18.2. The smallest absolute Gasteiger partial charge is 0.184 e. The van der Waals surface area contributed by atoms with Gasteiger partial charge in [0.1, 0.15) is 5.75 Å². The number of rotatable bonds is 6. The van der Waals surface area contributed by atoms with Gasteiger partial charge in [-0.1, -0.05) is 79.0 Å². The number of benzene rings is 2. The minimum Gasteiger partial charge on any atom is -0.497 e. The number of hydrogen-bond acceptors (Lipinski definition) is 3. The average molecular weight is 421 g/mol. The molecule has 0 spiro atoms. The molecule has 3 nitrogen and oxygen atoms in total. The molecule has 0 N–H and O–H groups in total. The van der Waals surface area contributed by atoms with Crippen LogP contribution in [0.3, 0.4) is 0 Å². The van der Waals surface area contributed by atoms with Gasteiger partial charge in [-0.05, 0) is 18.2 Å². The topological polar surface area (TPSA) is 27.7 Å². The molecular formula is C26H32O3Si. The van der Waals surface area contributed by atoms with Crippen molar-refractivity contribution in [2.24, 2.45) is 17.8 Å². The number of hydrogen-bond donors (Lipinski definition) is 0. The summed E-state index contributed by atoms with van der Waals surface area (Å²) in [6, 6.07) is 20.1. The summed E-state index contributed by atoms with van der Waals surface area (Å²) in [5.74, 6) is 1.84.